The van der Waals surface area contributed by atoms with Crippen molar-refractivity contribution in [1.82, 2.24) is 0 Å². The van der Waals surface area contributed by atoms with Gasteiger partial charge < -0.3 is 0 Å². The molecule has 0 saturated heterocycles. The van der Waals surface area contributed by atoms with Crippen molar-refractivity contribution >= 4 is 11.9 Å². The number of rotatable bonds is 3. The average Bonchev–Trinajstić information content (AvgIpc) is 2.56. The quantitative estimate of drug-likeness (QED) is 0.356. The van der Waals surface area contributed by atoms with E-state index in [2.05, 4.69) is 17.4 Å². The average molecular weight is 270 g/mol. The maximum atomic E-state index is 10.7. The van der Waals surface area contributed by atoms with E-state index in [-0.39, 0.29) is 0 Å². The van der Waals surface area contributed by atoms with Crippen LogP contribution in [0.2, 0.25) is 0 Å². The van der Waals surface area contributed by atoms with E-state index in [9.17, 15) is 4.79 Å². The lowest BCUT2D eigenvalue weighted by atomic mass is 9.95. The lowest BCUT2D eigenvalue weighted by Crippen LogP contribution is -1.90. The molecule has 0 unspecified atom stereocenters. The minimum atomic E-state index is 0.488. The Labute approximate surface area is 124 Å². The molecule has 2 aromatic carbocycles. The highest BCUT2D eigenvalue weighted by molar-refractivity contribution is 5.82. The van der Waals surface area contributed by atoms with Gasteiger partial charge in [0, 0.05) is 22.3 Å². The van der Waals surface area contributed by atoms with E-state index in [0.29, 0.717) is 5.57 Å². The van der Waals surface area contributed by atoms with Crippen LogP contribution in [0.15, 0.2) is 71.6 Å². The summed E-state index contributed by atoms with van der Waals surface area (Å²) in [6.45, 7) is 1.69. The minimum Gasteiger partial charge on any atom is -0.298 e. The van der Waals surface area contributed by atoms with Gasteiger partial charge in [-0.05, 0) is 18.6 Å². The standard InChI is InChI=1S/C20H14O/c1-3-17-9-7-8-12-19(17)20(14-13-16(2)15-21)18-10-5-4-6-11-18/h1,4-12,15H,2H3. The van der Waals surface area contributed by atoms with Gasteiger partial charge in [-0.1, -0.05) is 65.9 Å². The van der Waals surface area contributed by atoms with E-state index in [1.54, 1.807) is 6.92 Å². The third kappa shape index (κ3) is 3.50. The van der Waals surface area contributed by atoms with E-state index < -0.39 is 0 Å². The van der Waals surface area contributed by atoms with Crippen LogP contribution in [0, 0.1) is 12.3 Å². The van der Waals surface area contributed by atoms with Crippen molar-refractivity contribution in [2.24, 2.45) is 0 Å². The molecule has 0 heterocycles. The van der Waals surface area contributed by atoms with Crippen molar-refractivity contribution < 1.29 is 4.79 Å². The summed E-state index contributed by atoms with van der Waals surface area (Å²) in [5, 5.41) is 0. The van der Waals surface area contributed by atoms with Crippen molar-refractivity contribution in [2.45, 2.75) is 6.92 Å². The number of carbonyl (C=O) groups excluding carboxylic acids is 1. The zero-order valence-electron chi connectivity index (χ0n) is 11.8. The van der Waals surface area contributed by atoms with E-state index in [4.69, 9.17) is 6.42 Å². The first-order valence-electron chi connectivity index (χ1n) is 6.55. The molecule has 21 heavy (non-hydrogen) atoms. The number of benzene rings is 2. The van der Waals surface area contributed by atoms with Gasteiger partial charge >= 0.3 is 0 Å². The highest BCUT2D eigenvalue weighted by Crippen LogP contribution is 2.24. The fourth-order valence-electron chi connectivity index (χ4n) is 1.92. The number of terminal acetylenes is 1. The molecule has 0 amide bonds. The summed E-state index contributed by atoms with van der Waals surface area (Å²) in [4.78, 5) is 10.7. The van der Waals surface area contributed by atoms with Crippen molar-refractivity contribution in [3.8, 4) is 12.3 Å². The first kappa shape index (κ1) is 14.4. The molecule has 100 valence electrons. The van der Waals surface area contributed by atoms with Crippen LogP contribution >= 0.6 is 0 Å². The summed E-state index contributed by atoms with van der Waals surface area (Å²) in [6.07, 6.45) is 6.33. The second-order valence-corrected chi connectivity index (χ2v) is 4.48. The summed E-state index contributed by atoms with van der Waals surface area (Å²) in [5.74, 6) is 2.68. The number of hydrogen-bond acceptors (Lipinski definition) is 1. The van der Waals surface area contributed by atoms with E-state index >= 15 is 0 Å². The maximum absolute atomic E-state index is 10.7. The van der Waals surface area contributed by atoms with Crippen LogP contribution in [0.25, 0.3) is 5.57 Å². The second-order valence-electron chi connectivity index (χ2n) is 4.48. The molecule has 0 aromatic heterocycles. The first-order chi connectivity index (χ1) is 10.3. The molecule has 0 fully saturated rings. The van der Waals surface area contributed by atoms with E-state index in [1.165, 1.54) is 0 Å². The van der Waals surface area contributed by atoms with Gasteiger partial charge in [0.05, 0.1) is 0 Å². The van der Waals surface area contributed by atoms with Gasteiger partial charge in [-0.2, -0.15) is 0 Å². The van der Waals surface area contributed by atoms with E-state index in [1.807, 2.05) is 54.6 Å². The lowest BCUT2D eigenvalue weighted by Gasteiger charge is -2.07. The lowest BCUT2D eigenvalue weighted by molar-refractivity contribution is -0.104. The predicted octanol–water partition coefficient (Wildman–Crippen LogP) is 4.00. The van der Waals surface area contributed by atoms with Crippen LogP contribution in [0.3, 0.4) is 0 Å². The van der Waals surface area contributed by atoms with Crippen LogP contribution in [0.4, 0.5) is 0 Å². The Bertz CT molecular complexity index is 791. The molecule has 0 aliphatic carbocycles. The number of allylic oxidation sites excluding steroid dienone is 1. The zero-order valence-corrected chi connectivity index (χ0v) is 11.8. The Morgan fingerprint density at radius 1 is 1.00 bits per heavy atom. The molecule has 1 nitrogen and oxygen atoms in total. The van der Waals surface area contributed by atoms with Gasteiger partial charge in [0.25, 0.3) is 0 Å². The highest BCUT2D eigenvalue weighted by Gasteiger charge is 2.07. The van der Waals surface area contributed by atoms with Crippen molar-refractivity contribution in [3.63, 3.8) is 0 Å². The van der Waals surface area contributed by atoms with Crippen LogP contribution in [0.5, 0.6) is 0 Å². The van der Waals surface area contributed by atoms with Crippen LogP contribution in [0.1, 0.15) is 23.6 Å². The third-order valence-electron chi connectivity index (χ3n) is 2.98. The van der Waals surface area contributed by atoms with Gasteiger partial charge in [0.15, 0.2) is 6.29 Å². The van der Waals surface area contributed by atoms with Gasteiger partial charge in [0.2, 0.25) is 0 Å². The molecule has 0 aliphatic rings. The second kappa shape index (κ2) is 6.94. The summed E-state index contributed by atoms with van der Waals surface area (Å²) >= 11 is 0. The molecule has 0 saturated carbocycles. The molecule has 0 N–H and O–H groups in total. The van der Waals surface area contributed by atoms with Crippen LogP contribution in [-0.2, 0) is 4.79 Å². The molecule has 0 spiro atoms. The van der Waals surface area contributed by atoms with Crippen LogP contribution < -0.4 is 0 Å². The molecule has 0 radical (unpaired) electrons. The number of carbonyl (C=O) groups is 1. The Hall–Kier alpha value is -3.03. The molecule has 2 aromatic rings. The summed E-state index contributed by atoms with van der Waals surface area (Å²) in [6, 6.07) is 17.5. The van der Waals surface area contributed by atoms with E-state index in [0.717, 1.165) is 28.5 Å². The van der Waals surface area contributed by atoms with Gasteiger partial charge in [-0.15, -0.1) is 6.42 Å². The van der Waals surface area contributed by atoms with Crippen LogP contribution in [-0.4, -0.2) is 6.29 Å². The smallest absolute Gasteiger partial charge is 0.154 e. The van der Waals surface area contributed by atoms with Crippen molar-refractivity contribution in [2.75, 3.05) is 0 Å². The fourth-order valence-corrected chi connectivity index (χ4v) is 1.92. The molecule has 0 atom stereocenters. The highest BCUT2D eigenvalue weighted by atomic mass is 16.1. The van der Waals surface area contributed by atoms with Gasteiger partial charge in [-0.25, -0.2) is 0 Å². The maximum Gasteiger partial charge on any atom is 0.154 e. The largest absolute Gasteiger partial charge is 0.298 e. The molecular weight excluding hydrogens is 256 g/mol. The summed E-state index contributed by atoms with van der Waals surface area (Å²) in [5.41, 5.74) is 9.93. The minimum absolute atomic E-state index is 0.488. The fraction of sp³-hybridized carbons (Fsp3) is 0.0500. The molecule has 2 rings (SSSR count). The van der Waals surface area contributed by atoms with Gasteiger partial charge in [-0.3, -0.25) is 4.79 Å². The number of aldehydes is 1. The Balaban J connectivity index is 2.78. The SMILES string of the molecule is C#Cc1ccccc1C(=C=C=C(C)C=O)c1ccccc1. The first-order valence-corrected chi connectivity index (χ1v) is 6.55. The topological polar surface area (TPSA) is 17.1 Å². The van der Waals surface area contributed by atoms with Gasteiger partial charge in [0.1, 0.15) is 0 Å². The summed E-state index contributed by atoms with van der Waals surface area (Å²) in [7, 11) is 0. The van der Waals surface area contributed by atoms with Crippen molar-refractivity contribution in [3.05, 3.63) is 88.3 Å². The summed E-state index contributed by atoms with van der Waals surface area (Å²) < 4.78 is 0. The Kier molecular flexibility index (Phi) is 4.75. The molecular formula is C20H14O. The molecule has 0 aliphatic heterocycles. The normalized spacial score (nSPS) is 8.95. The monoisotopic (exact) mass is 270 g/mol. The molecule has 1 heteroatoms. The van der Waals surface area contributed by atoms with Crippen molar-refractivity contribution in [1.29, 1.82) is 0 Å². The number of hydrogen-bond donors (Lipinski definition) is 0. The molecule has 0 bridgehead atoms. The zero-order chi connectivity index (χ0) is 15.1. The predicted molar refractivity (Wildman–Crippen MR) is 85.6 cm³/mol. The third-order valence-corrected chi connectivity index (χ3v) is 2.98. The Morgan fingerprint density at radius 2 is 1.67 bits per heavy atom. The Morgan fingerprint density at radius 3 is 2.33 bits per heavy atom.